The molecule has 2 rings (SSSR count). The van der Waals surface area contributed by atoms with E-state index < -0.39 is 0 Å². The van der Waals surface area contributed by atoms with Gasteiger partial charge in [-0.1, -0.05) is 0 Å². The van der Waals surface area contributed by atoms with E-state index in [0.29, 0.717) is 0 Å². The third-order valence-corrected chi connectivity index (χ3v) is 3.20. The van der Waals surface area contributed by atoms with Crippen LogP contribution in [0.2, 0.25) is 0 Å². The molecule has 5 heteroatoms. The van der Waals surface area contributed by atoms with Crippen LogP contribution in [0.25, 0.3) is 11.3 Å². The smallest absolute Gasteiger partial charge is 0.310 e. The van der Waals surface area contributed by atoms with Crippen LogP contribution in [-0.4, -0.2) is 22.9 Å². The van der Waals surface area contributed by atoms with Crippen LogP contribution in [0.3, 0.4) is 0 Å². The number of ether oxygens (including phenoxy) is 1. The van der Waals surface area contributed by atoms with Crippen LogP contribution in [0, 0.1) is 0 Å². The van der Waals surface area contributed by atoms with Gasteiger partial charge in [0.25, 0.3) is 0 Å². The minimum Gasteiger partial charge on any atom is -0.469 e. The highest BCUT2D eigenvalue weighted by Gasteiger charge is 2.14. The maximum absolute atomic E-state index is 11.3. The number of methoxy groups -OCH3 is 1. The lowest BCUT2D eigenvalue weighted by Crippen LogP contribution is -2.04. The minimum absolute atomic E-state index is 0.239. The molecule has 2 aromatic heterocycles. The molecule has 0 aliphatic heterocycles. The van der Waals surface area contributed by atoms with Gasteiger partial charge >= 0.3 is 5.97 Å². The van der Waals surface area contributed by atoms with Crippen molar-refractivity contribution < 1.29 is 9.53 Å². The van der Waals surface area contributed by atoms with Gasteiger partial charge in [0, 0.05) is 29.2 Å². The SMILES string of the molecule is CCn1cc(CC(=O)OC)c(-c2ccsc2)n1. The number of nitrogens with zero attached hydrogens (tertiary/aromatic N) is 2. The van der Waals surface area contributed by atoms with Crippen molar-refractivity contribution in [1.82, 2.24) is 9.78 Å². The number of aryl methyl sites for hydroxylation is 1. The first-order valence-electron chi connectivity index (χ1n) is 5.40. The van der Waals surface area contributed by atoms with Crippen molar-refractivity contribution >= 4 is 17.3 Å². The van der Waals surface area contributed by atoms with E-state index in [1.165, 1.54) is 7.11 Å². The third kappa shape index (κ3) is 2.55. The third-order valence-electron chi connectivity index (χ3n) is 2.52. The van der Waals surface area contributed by atoms with E-state index in [-0.39, 0.29) is 12.4 Å². The Morgan fingerprint density at radius 2 is 2.41 bits per heavy atom. The predicted molar refractivity (Wildman–Crippen MR) is 66.9 cm³/mol. The van der Waals surface area contributed by atoms with E-state index in [1.807, 2.05) is 34.6 Å². The van der Waals surface area contributed by atoms with Crippen molar-refractivity contribution in [2.45, 2.75) is 19.9 Å². The first kappa shape index (κ1) is 11.9. The Morgan fingerprint density at radius 1 is 1.59 bits per heavy atom. The summed E-state index contributed by atoms with van der Waals surface area (Å²) in [6, 6.07) is 2.01. The molecule has 0 N–H and O–H groups in total. The van der Waals surface area contributed by atoms with Crippen LogP contribution >= 0.6 is 11.3 Å². The summed E-state index contributed by atoms with van der Waals surface area (Å²) in [5.41, 5.74) is 2.84. The van der Waals surface area contributed by atoms with E-state index in [9.17, 15) is 4.79 Å². The molecule has 0 saturated heterocycles. The number of carbonyl (C=O) groups excluding carboxylic acids is 1. The molecular formula is C12H14N2O2S. The molecule has 90 valence electrons. The average molecular weight is 250 g/mol. The van der Waals surface area contributed by atoms with Crippen molar-refractivity contribution in [3.05, 3.63) is 28.6 Å². The van der Waals surface area contributed by atoms with Gasteiger partial charge in [0.15, 0.2) is 0 Å². The highest BCUT2D eigenvalue weighted by atomic mass is 32.1. The molecule has 0 radical (unpaired) electrons. The second kappa shape index (κ2) is 5.14. The van der Waals surface area contributed by atoms with E-state index in [0.717, 1.165) is 23.4 Å². The molecule has 0 aliphatic carbocycles. The van der Waals surface area contributed by atoms with Gasteiger partial charge in [0.1, 0.15) is 0 Å². The number of hydrogen-bond donors (Lipinski definition) is 0. The molecule has 0 atom stereocenters. The maximum atomic E-state index is 11.3. The van der Waals surface area contributed by atoms with Crippen LogP contribution < -0.4 is 0 Å². The molecule has 2 aromatic rings. The molecule has 0 aliphatic rings. The van der Waals surface area contributed by atoms with Crippen LogP contribution in [0.4, 0.5) is 0 Å². The number of aromatic nitrogens is 2. The topological polar surface area (TPSA) is 44.1 Å². The standard InChI is InChI=1S/C12H14N2O2S/c1-3-14-7-10(6-11(15)16-2)12(13-14)9-4-5-17-8-9/h4-5,7-8H,3,6H2,1-2H3. The molecule has 0 fully saturated rings. The van der Waals surface area contributed by atoms with Gasteiger partial charge in [-0.3, -0.25) is 9.48 Å². The van der Waals surface area contributed by atoms with Crippen molar-refractivity contribution in [3.8, 4) is 11.3 Å². The Labute approximate surface area is 104 Å². The van der Waals surface area contributed by atoms with E-state index in [4.69, 9.17) is 4.74 Å². The molecular weight excluding hydrogens is 236 g/mol. The largest absolute Gasteiger partial charge is 0.469 e. The zero-order valence-electron chi connectivity index (χ0n) is 9.84. The van der Waals surface area contributed by atoms with Crippen molar-refractivity contribution in [3.63, 3.8) is 0 Å². The van der Waals surface area contributed by atoms with E-state index >= 15 is 0 Å². The fraction of sp³-hybridized carbons (Fsp3) is 0.333. The van der Waals surface area contributed by atoms with E-state index in [2.05, 4.69) is 5.10 Å². The summed E-state index contributed by atoms with van der Waals surface area (Å²) in [4.78, 5) is 11.3. The van der Waals surface area contributed by atoms with Gasteiger partial charge in [0.2, 0.25) is 0 Å². The number of thiophene rings is 1. The Kier molecular flexibility index (Phi) is 3.58. The Morgan fingerprint density at radius 3 is 3.00 bits per heavy atom. The molecule has 0 unspecified atom stereocenters. The minimum atomic E-state index is -0.239. The first-order chi connectivity index (χ1) is 8.24. The number of hydrogen-bond acceptors (Lipinski definition) is 4. The monoisotopic (exact) mass is 250 g/mol. The zero-order chi connectivity index (χ0) is 12.3. The lowest BCUT2D eigenvalue weighted by molar-refractivity contribution is -0.139. The molecule has 0 bridgehead atoms. The second-order valence-corrected chi connectivity index (χ2v) is 4.40. The van der Waals surface area contributed by atoms with Crippen molar-refractivity contribution in [1.29, 1.82) is 0 Å². The molecule has 0 spiro atoms. The normalized spacial score (nSPS) is 10.5. The average Bonchev–Trinajstić information content (AvgIpc) is 2.96. The first-order valence-corrected chi connectivity index (χ1v) is 6.34. The highest BCUT2D eigenvalue weighted by Crippen LogP contribution is 2.24. The highest BCUT2D eigenvalue weighted by molar-refractivity contribution is 7.08. The summed E-state index contributed by atoms with van der Waals surface area (Å²) in [6.45, 7) is 2.81. The summed E-state index contributed by atoms with van der Waals surface area (Å²) < 4.78 is 6.53. The maximum Gasteiger partial charge on any atom is 0.310 e. The van der Waals surface area contributed by atoms with Crippen LogP contribution in [0.1, 0.15) is 12.5 Å². The number of rotatable bonds is 4. The molecule has 17 heavy (non-hydrogen) atoms. The summed E-state index contributed by atoms with van der Waals surface area (Å²) >= 11 is 1.62. The quantitative estimate of drug-likeness (QED) is 0.782. The van der Waals surface area contributed by atoms with E-state index in [1.54, 1.807) is 11.3 Å². The van der Waals surface area contributed by atoms with Crippen LogP contribution in [0.5, 0.6) is 0 Å². The molecule has 2 heterocycles. The lowest BCUT2D eigenvalue weighted by atomic mass is 10.1. The lowest BCUT2D eigenvalue weighted by Gasteiger charge is -1.98. The molecule has 0 saturated carbocycles. The zero-order valence-corrected chi connectivity index (χ0v) is 10.7. The number of carbonyl (C=O) groups is 1. The van der Waals surface area contributed by atoms with Gasteiger partial charge in [-0.25, -0.2) is 0 Å². The number of esters is 1. The summed E-state index contributed by atoms with van der Waals surface area (Å²) in [5.74, 6) is -0.239. The fourth-order valence-corrected chi connectivity index (χ4v) is 2.26. The van der Waals surface area contributed by atoms with Gasteiger partial charge in [0.05, 0.1) is 19.2 Å². The van der Waals surface area contributed by atoms with Crippen molar-refractivity contribution in [2.24, 2.45) is 0 Å². The molecule has 4 nitrogen and oxygen atoms in total. The summed E-state index contributed by atoms with van der Waals surface area (Å²) in [6.07, 6.45) is 2.17. The van der Waals surface area contributed by atoms with Gasteiger partial charge < -0.3 is 4.74 Å². The summed E-state index contributed by atoms with van der Waals surface area (Å²) in [5, 5.41) is 8.51. The Balaban J connectivity index is 2.36. The second-order valence-electron chi connectivity index (χ2n) is 3.62. The summed E-state index contributed by atoms with van der Waals surface area (Å²) in [7, 11) is 1.40. The Bertz CT molecular complexity index is 503. The van der Waals surface area contributed by atoms with Gasteiger partial charge in [-0.2, -0.15) is 16.4 Å². The molecule has 0 aromatic carbocycles. The van der Waals surface area contributed by atoms with Crippen LogP contribution in [0.15, 0.2) is 23.0 Å². The molecule has 0 amide bonds. The van der Waals surface area contributed by atoms with Crippen LogP contribution in [-0.2, 0) is 22.5 Å². The fourth-order valence-electron chi connectivity index (χ4n) is 1.62. The Hall–Kier alpha value is -1.62. The van der Waals surface area contributed by atoms with Gasteiger partial charge in [-0.05, 0) is 18.4 Å². The van der Waals surface area contributed by atoms with Gasteiger partial charge in [-0.15, -0.1) is 0 Å². The predicted octanol–water partition coefficient (Wildman–Crippen LogP) is 2.35. The van der Waals surface area contributed by atoms with Crippen molar-refractivity contribution in [2.75, 3.05) is 7.11 Å².